The largest absolute Gasteiger partial charge is 0.496 e. The second kappa shape index (κ2) is 8.99. The summed E-state index contributed by atoms with van der Waals surface area (Å²) < 4.78 is 16.3. The molecule has 1 aromatic rings. The zero-order valence-electron chi connectivity index (χ0n) is 17.5. The van der Waals surface area contributed by atoms with Gasteiger partial charge in [-0.2, -0.15) is 0 Å². The highest BCUT2D eigenvalue weighted by atomic mass is 16.5. The van der Waals surface area contributed by atoms with E-state index in [2.05, 4.69) is 5.32 Å². The van der Waals surface area contributed by atoms with Crippen molar-refractivity contribution in [1.29, 1.82) is 0 Å². The quantitative estimate of drug-likeness (QED) is 0.808. The lowest BCUT2D eigenvalue weighted by molar-refractivity contribution is -0.135. The lowest BCUT2D eigenvalue weighted by atomic mass is 9.95. The van der Waals surface area contributed by atoms with Crippen LogP contribution in [0.25, 0.3) is 5.57 Å². The molecule has 0 aliphatic carbocycles. The fourth-order valence-electron chi connectivity index (χ4n) is 2.98. The Morgan fingerprint density at radius 2 is 1.68 bits per heavy atom. The molecule has 0 fully saturated rings. The molecule has 1 heterocycles. The monoisotopic (exact) mass is 390 g/mol. The highest BCUT2D eigenvalue weighted by Gasteiger charge is 2.25. The van der Waals surface area contributed by atoms with Crippen LogP contribution in [0.3, 0.4) is 0 Å². The second-order valence-corrected chi connectivity index (χ2v) is 7.66. The van der Waals surface area contributed by atoms with E-state index in [1.807, 2.05) is 39.0 Å². The van der Waals surface area contributed by atoms with Crippen LogP contribution in [-0.4, -0.2) is 57.7 Å². The van der Waals surface area contributed by atoms with Crippen LogP contribution >= 0.6 is 0 Å². The number of nitrogens with zero attached hydrogens (tertiary/aromatic N) is 1. The molecule has 7 heteroatoms. The van der Waals surface area contributed by atoms with E-state index in [1.54, 1.807) is 26.2 Å². The minimum absolute atomic E-state index is 0.00839. The molecule has 0 unspecified atom stereocenters. The van der Waals surface area contributed by atoms with Gasteiger partial charge >= 0.3 is 0 Å². The van der Waals surface area contributed by atoms with E-state index in [-0.39, 0.29) is 18.4 Å². The molecule has 1 aliphatic heterocycles. The molecule has 154 valence electrons. The van der Waals surface area contributed by atoms with E-state index in [0.717, 1.165) is 11.1 Å². The first kappa shape index (κ1) is 21.6. The van der Waals surface area contributed by atoms with Crippen molar-refractivity contribution in [3.8, 4) is 17.2 Å². The van der Waals surface area contributed by atoms with Crippen LogP contribution in [0.15, 0.2) is 18.2 Å². The van der Waals surface area contributed by atoms with Crippen LogP contribution < -0.4 is 19.5 Å². The Morgan fingerprint density at radius 3 is 2.11 bits per heavy atom. The summed E-state index contributed by atoms with van der Waals surface area (Å²) in [7, 11) is 4.80. The highest BCUT2D eigenvalue weighted by Crippen LogP contribution is 2.40. The van der Waals surface area contributed by atoms with Gasteiger partial charge in [-0.05, 0) is 12.0 Å². The summed E-state index contributed by atoms with van der Waals surface area (Å²) >= 11 is 0. The standard InChI is InChI=1S/C21H30N2O5/c1-21(2,3)20(25)22-13-18(24)23-9-7-14(8-10-23)19-16(27-5)11-15(26-4)12-17(19)28-6/h7,11-12H,8-10,13H2,1-6H3,(H,22,25). The molecular weight excluding hydrogens is 360 g/mol. The third-order valence-electron chi connectivity index (χ3n) is 4.68. The summed E-state index contributed by atoms with van der Waals surface area (Å²) in [5.74, 6) is 1.75. The third kappa shape index (κ3) is 4.97. The van der Waals surface area contributed by atoms with E-state index in [1.165, 1.54) is 0 Å². The number of ether oxygens (including phenoxy) is 3. The molecule has 2 amide bonds. The van der Waals surface area contributed by atoms with Gasteiger partial charge in [-0.25, -0.2) is 0 Å². The molecule has 1 N–H and O–H groups in total. The highest BCUT2D eigenvalue weighted by molar-refractivity contribution is 5.88. The molecule has 0 saturated carbocycles. The number of hydrogen-bond acceptors (Lipinski definition) is 5. The SMILES string of the molecule is COc1cc(OC)c(C2=CCN(C(=O)CNC(=O)C(C)(C)C)CC2)c(OC)c1. The summed E-state index contributed by atoms with van der Waals surface area (Å²) in [6, 6.07) is 3.64. The van der Waals surface area contributed by atoms with Gasteiger partial charge in [0.1, 0.15) is 17.2 Å². The number of hydrogen-bond donors (Lipinski definition) is 1. The molecule has 0 atom stereocenters. The predicted molar refractivity (Wildman–Crippen MR) is 108 cm³/mol. The van der Waals surface area contributed by atoms with Crippen LogP contribution in [-0.2, 0) is 9.59 Å². The average molecular weight is 390 g/mol. The van der Waals surface area contributed by atoms with Gasteiger partial charge in [0.25, 0.3) is 0 Å². The van der Waals surface area contributed by atoms with E-state index in [9.17, 15) is 9.59 Å². The van der Waals surface area contributed by atoms with Gasteiger partial charge in [0.15, 0.2) is 0 Å². The van der Waals surface area contributed by atoms with Crippen molar-refractivity contribution in [3.63, 3.8) is 0 Å². The summed E-state index contributed by atoms with van der Waals surface area (Å²) in [5, 5.41) is 2.71. The molecule has 7 nitrogen and oxygen atoms in total. The third-order valence-corrected chi connectivity index (χ3v) is 4.68. The Labute approximate surface area is 166 Å². The lowest BCUT2D eigenvalue weighted by Gasteiger charge is -2.28. The Morgan fingerprint density at radius 1 is 1.07 bits per heavy atom. The van der Waals surface area contributed by atoms with Crippen LogP contribution in [0.5, 0.6) is 17.2 Å². The Hall–Kier alpha value is -2.70. The number of carbonyl (C=O) groups is 2. The molecule has 0 radical (unpaired) electrons. The Kier molecular flexibility index (Phi) is 6.94. The van der Waals surface area contributed by atoms with Crippen molar-refractivity contribution >= 4 is 17.4 Å². The van der Waals surface area contributed by atoms with Gasteiger partial charge in [-0.1, -0.05) is 26.8 Å². The van der Waals surface area contributed by atoms with E-state index < -0.39 is 5.41 Å². The molecule has 0 saturated heterocycles. The van der Waals surface area contributed by atoms with Crippen molar-refractivity contribution in [3.05, 3.63) is 23.8 Å². The van der Waals surface area contributed by atoms with E-state index in [0.29, 0.717) is 36.8 Å². The summed E-state index contributed by atoms with van der Waals surface area (Å²) in [6.45, 7) is 6.50. The Bertz CT molecular complexity index is 740. The molecule has 28 heavy (non-hydrogen) atoms. The number of benzene rings is 1. The maximum absolute atomic E-state index is 12.4. The van der Waals surface area contributed by atoms with Crippen LogP contribution in [0.2, 0.25) is 0 Å². The smallest absolute Gasteiger partial charge is 0.242 e. The minimum atomic E-state index is -0.517. The van der Waals surface area contributed by atoms with Crippen molar-refractivity contribution in [2.75, 3.05) is 41.0 Å². The topological polar surface area (TPSA) is 77.1 Å². The number of nitrogens with one attached hydrogen (secondary N) is 1. The lowest BCUT2D eigenvalue weighted by Crippen LogP contribution is -2.44. The van der Waals surface area contributed by atoms with Gasteiger partial charge < -0.3 is 24.4 Å². The van der Waals surface area contributed by atoms with Gasteiger partial charge in [0.2, 0.25) is 11.8 Å². The number of rotatable bonds is 6. The van der Waals surface area contributed by atoms with Crippen molar-refractivity contribution < 1.29 is 23.8 Å². The first-order valence-electron chi connectivity index (χ1n) is 9.26. The second-order valence-electron chi connectivity index (χ2n) is 7.66. The van der Waals surface area contributed by atoms with E-state index in [4.69, 9.17) is 14.2 Å². The normalized spacial score (nSPS) is 14.2. The first-order chi connectivity index (χ1) is 13.2. The fourth-order valence-corrected chi connectivity index (χ4v) is 2.98. The summed E-state index contributed by atoms with van der Waals surface area (Å²) in [6.07, 6.45) is 2.66. The van der Waals surface area contributed by atoms with Gasteiger partial charge in [-0.3, -0.25) is 9.59 Å². The number of methoxy groups -OCH3 is 3. The first-order valence-corrected chi connectivity index (χ1v) is 9.26. The fraction of sp³-hybridized carbons (Fsp3) is 0.524. The maximum atomic E-state index is 12.4. The van der Waals surface area contributed by atoms with Gasteiger partial charge in [-0.15, -0.1) is 0 Å². The summed E-state index contributed by atoms with van der Waals surface area (Å²) in [5.41, 5.74) is 1.41. The van der Waals surface area contributed by atoms with Crippen LogP contribution in [0.4, 0.5) is 0 Å². The Balaban J connectivity index is 2.12. The molecule has 1 aliphatic rings. The van der Waals surface area contributed by atoms with E-state index >= 15 is 0 Å². The predicted octanol–water partition coefficient (Wildman–Crippen LogP) is 2.49. The van der Waals surface area contributed by atoms with Crippen LogP contribution in [0, 0.1) is 5.41 Å². The zero-order chi connectivity index (χ0) is 20.9. The maximum Gasteiger partial charge on any atom is 0.242 e. The van der Waals surface area contributed by atoms with Gasteiger partial charge in [0, 0.05) is 30.6 Å². The van der Waals surface area contributed by atoms with Crippen molar-refractivity contribution in [2.45, 2.75) is 27.2 Å². The molecule has 0 aromatic heterocycles. The molecule has 0 spiro atoms. The van der Waals surface area contributed by atoms with Crippen LogP contribution in [0.1, 0.15) is 32.8 Å². The summed E-state index contributed by atoms with van der Waals surface area (Å²) in [4.78, 5) is 26.1. The zero-order valence-corrected chi connectivity index (χ0v) is 17.5. The average Bonchev–Trinajstić information content (AvgIpc) is 2.69. The number of amides is 2. The van der Waals surface area contributed by atoms with Gasteiger partial charge in [0.05, 0.1) is 33.4 Å². The molecule has 1 aromatic carbocycles. The minimum Gasteiger partial charge on any atom is -0.496 e. The van der Waals surface area contributed by atoms with Crippen molar-refractivity contribution in [1.82, 2.24) is 10.2 Å². The molecular formula is C21H30N2O5. The number of carbonyl (C=O) groups excluding carboxylic acids is 2. The van der Waals surface area contributed by atoms with Crippen molar-refractivity contribution in [2.24, 2.45) is 5.41 Å². The molecule has 2 rings (SSSR count). The molecule has 0 bridgehead atoms.